The molecule has 5 nitrogen and oxygen atoms in total. The third kappa shape index (κ3) is 2.56. The van der Waals surface area contributed by atoms with Crippen molar-refractivity contribution in [1.82, 2.24) is 10.9 Å². The van der Waals surface area contributed by atoms with Crippen molar-refractivity contribution in [1.29, 1.82) is 0 Å². The average Bonchev–Trinajstić information content (AvgIpc) is 2.46. The van der Waals surface area contributed by atoms with Crippen molar-refractivity contribution in [2.75, 3.05) is 13.1 Å². The Bertz CT molecular complexity index is 519. The van der Waals surface area contributed by atoms with Gasteiger partial charge in [-0.3, -0.25) is 15.6 Å². The lowest BCUT2D eigenvalue weighted by Crippen LogP contribution is -3.10. The number of phenolic OH excluding ortho intramolecular Hbond substituents is 1. The number of carbonyl (C=O) groups is 1. The SMILES string of the molecule is O=C(NNC1=C[NH+]2CCC1CC2)c1cccc(O)c1. The Morgan fingerprint density at radius 3 is 2.74 bits per heavy atom. The fourth-order valence-corrected chi connectivity index (χ4v) is 2.77. The van der Waals surface area contributed by atoms with Crippen molar-refractivity contribution in [3.05, 3.63) is 41.7 Å². The normalized spacial score (nSPS) is 24.7. The minimum Gasteiger partial charge on any atom is -0.508 e. The molecule has 0 radical (unpaired) electrons. The van der Waals surface area contributed by atoms with Gasteiger partial charge in [-0.2, -0.15) is 0 Å². The molecule has 1 fully saturated rings. The molecule has 0 atom stereocenters. The third-order valence-electron chi connectivity index (χ3n) is 3.86. The van der Waals surface area contributed by atoms with Gasteiger partial charge in [-0.15, -0.1) is 0 Å². The average molecular weight is 260 g/mol. The van der Waals surface area contributed by atoms with Crippen LogP contribution in [0.1, 0.15) is 23.2 Å². The molecule has 1 amide bonds. The highest BCUT2D eigenvalue weighted by molar-refractivity contribution is 5.94. The summed E-state index contributed by atoms with van der Waals surface area (Å²) in [6.07, 6.45) is 4.52. The molecule has 3 heterocycles. The van der Waals surface area contributed by atoms with Crippen molar-refractivity contribution in [3.63, 3.8) is 0 Å². The van der Waals surface area contributed by atoms with Crippen LogP contribution in [0, 0.1) is 5.92 Å². The van der Waals surface area contributed by atoms with Crippen molar-refractivity contribution in [3.8, 4) is 5.75 Å². The molecule has 0 aliphatic carbocycles. The summed E-state index contributed by atoms with van der Waals surface area (Å²) in [4.78, 5) is 13.4. The molecule has 1 aromatic rings. The number of quaternary nitrogens is 1. The highest BCUT2D eigenvalue weighted by Gasteiger charge is 2.31. The van der Waals surface area contributed by atoms with Gasteiger partial charge in [0, 0.05) is 24.3 Å². The predicted molar refractivity (Wildman–Crippen MR) is 70.2 cm³/mol. The molecule has 3 aliphatic heterocycles. The van der Waals surface area contributed by atoms with Crippen LogP contribution in [0.2, 0.25) is 0 Å². The van der Waals surface area contributed by atoms with E-state index in [-0.39, 0.29) is 11.7 Å². The minimum absolute atomic E-state index is 0.0964. The third-order valence-corrected chi connectivity index (χ3v) is 3.86. The number of piperidine rings is 1. The van der Waals surface area contributed by atoms with Crippen LogP contribution in [-0.2, 0) is 0 Å². The van der Waals surface area contributed by atoms with E-state index in [2.05, 4.69) is 17.1 Å². The van der Waals surface area contributed by atoms with E-state index in [9.17, 15) is 9.90 Å². The number of hydrogen-bond acceptors (Lipinski definition) is 3. The van der Waals surface area contributed by atoms with Crippen LogP contribution in [0.15, 0.2) is 36.2 Å². The number of phenols is 1. The monoisotopic (exact) mass is 260 g/mol. The van der Waals surface area contributed by atoms with Crippen molar-refractivity contribution >= 4 is 5.91 Å². The first-order valence-corrected chi connectivity index (χ1v) is 6.64. The molecular formula is C14H18N3O2+. The minimum atomic E-state index is -0.233. The van der Waals surface area contributed by atoms with E-state index in [0.717, 1.165) is 5.70 Å². The molecule has 3 aliphatic rings. The fourth-order valence-electron chi connectivity index (χ4n) is 2.77. The first kappa shape index (κ1) is 12.0. The number of nitrogens with one attached hydrogen (secondary N) is 3. The van der Waals surface area contributed by atoms with Gasteiger partial charge in [-0.25, -0.2) is 0 Å². The van der Waals surface area contributed by atoms with Crippen molar-refractivity contribution in [2.24, 2.45) is 5.92 Å². The van der Waals surface area contributed by atoms with E-state index in [0.29, 0.717) is 11.5 Å². The standard InChI is InChI=1S/C14H17N3O2/c18-12-3-1-2-11(8-12)14(19)16-15-13-9-17-6-4-10(13)5-7-17/h1-3,8-10,15,18H,4-7H2,(H,16,19)/p+1. The Morgan fingerprint density at radius 1 is 1.32 bits per heavy atom. The summed E-state index contributed by atoms with van der Waals surface area (Å²) in [5.41, 5.74) is 7.29. The summed E-state index contributed by atoms with van der Waals surface area (Å²) in [5.74, 6) is 0.407. The lowest BCUT2D eigenvalue weighted by Gasteiger charge is -2.34. The Morgan fingerprint density at radius 2 is 2.11 bits per heavy atom. The summed E-state index contributed by atoms with van der Waals surface area (Å²) < 4.78 is 0. The zero-order chi connectivity index (χ0) is 13.2. The zero-order valence-corrected chi connectivity index (χ0v) is 10.6. The topological polar surface area (TPSA) is 65.8 Å². The van der Waals surface area contributed by atoms with Gasteiger partial charge in [0.25, 0.3) is 5.91 Å². The number of benzene rings is 1. The van der Waals surface area contributed by atoms with Crippen molar-refractivity contribution < 1.29 is 14.8 Å². The van der Waals surface area contributed by atoms with Gasteiger partial charge in [0.15, 0.2) is 0 Å². The molecule has 2 bridgehead atoms. The maximum atomic E-state index is 11.9. The van der Waals surface area contributed by atoms with Gasteiger partial charge < -0.3 is 10.0 Å². The van der Waals surface area contributed by atoms with Crippen LogP contribution in [0.5, 0.6) is 5.75 Å². The number of carbonyl (C=O) groups excluding carboxylic acids is 1. The fraction of sp³-hybridized carbons (Fsp3) is 0.357. The second-order valence-corrected chi connectivity index (χ2v) is 5.16. The van der Waals surface area contributed by atoms with Gasteiger partial charge >= 0.3 is 0 Å². The van der Waals surface area contributed by atoms with Crippen LogP contribution in [0.3, 0.4) is 0 Å². The summed E-state index contributed by atoms with van der Waals surface area (Å²) in [7, 11) is 0. The van der Waals surface area contributed by atoms with Crippen molar-refractivity contribution in [2.45, 2.75) is 12.8 Å². The summed E-state index contributed by atoms with van der Waals surface area (Å²) >= 11 is 0. The van der Waals surface area contributed by atoms with Crippen LogP contribution in [0.25, 0.3) is 0 Å². The summed E-state index contributed by atoms with van der Waals surface area (Å²) in [5, 5.41) is 9.35. The Balaban J connectivity index is 1.62. The predicted octanol–water partition coefficient (Wildman–Crippen LogP) is -0.223. The Kier molecular flexibility index (Phi) is 3.13. The lowest BCUT2D eigenvalue weighted by molar-refractivity contribution is -0.859. The van der Waals surface area contributed by atoms with Crippen LogP contribution in [-0.4, -0.2) is 24.1 Å². The van der Waals surface area contributed by atoms with Gasteiger partial charge in [-0.1, -0.05) is 6.07 Å². The molecule has 5 heteroatoms. The van der Waals surface area contributed by atoms with Crippen LogP contribution in [0.4, 0.5) is 0 Å². The summed E-state index contributed by atoms with van der Waals surface area (Å²) in [6.45, 7) is 2.38. The van der Waals surface area contributed by atoms with Gasteiger partial charge in [-0.05, 0) is 18.2 Å². The molecule has 1 aromatic carbocycles. The number of amides is 1. The highest BCUT2D eigenvalue weighted by atomic mass is 16.3. The number of hydrogen-bond donors (Lipinski definition) is 4. The Hall–Kier alpha value is -2.01. The van der Waals surface area contributed by atoms with E-state index in [1.165, 1.54) is 36.9 Å². The maximum Gasteiger partial charge on any atom is 0.269 e. The first-order valence-electron chi connectivity index (χ1n) is 6.64. The highest BCUT2D eigenvalue weighted by Crippen LogP contribution is 2.20. The number of hydrazine groups is 1. The Labute approximate surface area is 111 Å². The largest absolute Gasteiger partial charge is 0.508 e. The molecule has 19 heavy (non-hydrogen) atoms. The maximum absolute atomic E-state index is 11.9. The number of fused-ring (bicyclic) bond motifs is 2. The summed E-state index contributed by atoms with van der Waals surface area (Å²) in [6, 6.07) is 6.32. The molecule has 0 aromatic heterocycles. The quantitative estimate of drug-likeness (QED) is 0.568. The van der Waals surface area contributed by atoms with E-state index >= 15 is 0 Å². The van der Waals surface area contributed by atoms with Gasteiger partial charge in [0.2, 0.25) is 0 Å². The lowest BCUT2D eigenvalue weighted by atomic mass is 9.90. The second kappa shape index (κ2) is 4.93. The number of aromatic hydroxyl groups is 1. The number of rotatable bonds is 3. The van der Waals surface area contributed by atoms with E-state index < -0.39 is 0 Å². The molecule has 1 saturated heterocycles. The number of allylic oxidation sites excluding steroid dienone is 1. The van der Waals surface area contributed by atoms with Gasteiger partial charge in [0.1, 0.15) is 11.9 Å². The molecule has 0 spiro atoms. The van der Waals surface area contributed by atoms with E-state index in [1.54, 1.807) is 18.2 Å². The van der Waals surface area contributed by atoms with Gasteiger partial charge in [0.05, 0.1) is 18.8 Å². The van der Waals surface area contributed by atoms with Crippen LogP contribution < -0.4 is 15.8 Å². The molecule has 4 N–H and O–H groups in total. The molecule has 4 rings (SSSR count). The molecular weight excluding hydrogens is 242 g/mol. The molecule has 0 saturated carbocycles. The molecule has 0 unspecified atom stereocenters. The second-order valence-electron chi connectivity index (χ2n) is 5.16. The van der Waals surface area contributed by atoms with E-state index in [4.69, 9.17) is 0 Å². The molecule has 100 valence electrons. The van der Waals surface area contributed by atoms with Crippen LogP contribution >= 0.6 is 0 Å². The van der Waals surface area contributed by atoms with E-state index in [1.807, 2.05) is 0 Å². The first-order chi connectivity index (χ1) is 9.22. The smallest absolute Gasteiger partial charge is 0.269 e. The zero-order valence-electron chi connectivity index (χ0n) is 10.6.